The van der Waals surface area contributed by atoms with Gasteiger partial charge in [-0.15, -0.1) is 0 Å². The predicted octanol–water partition coefficient (Wildman–Crippen LogP) is 2.45. The number of piperidine rings is 1. The average Bonchev–Trinajstić information content (AvgIpc) is 2.77. The first-order chi connectivity index (χ1) is 14.2. The lowest BCUT2D eigenvalue weighted by molar-refractivity contribution is -0.119. The number of hydrogen-bond donors (Lipinski definition) is 3. The zero-order valence-corrected chi connectivity index (χ0v) is 17.4. The molecule has 156 valence electrons. The molecule has 1 atom stereocenters. The lowest BCUT2D eigenvalue weighted by Crippen LogP contribution is -2.52. The number of hydrogen-bond acceptors (Lipinski definition) is 5. The van der Waals surface area contributed by atoms with Crippen LogP contribution in [0.5, 0.6) is 5.75 Å². The zero-order valence-electron chi connectivity index (χ0n) is 17.4. The van der Waals surface area contributed by atoms with Crippen molar-refractivity contribution < 1.29 is 9.53 Å². The SMILES string of the molecule is COc1ccccc1C(CNC(C)=O)(NCCC1CCNCC1)c1ccncc1. The first kappa shape index (κ1) is 21.3. The van der Waals surface area contributed by atoms with E-state index in [-0.39, 0.29) is 5.91 Å². The molecule has 2 aromatic rings. The third kappa shape index (κ3) is 5.34. The Morgan fingerprint density at radius 1 is 1.21 bits per heavy atom. The minimum absolute atomic E-state index is 0.0570. The van der Waals surface area contributed by atoms with Gasteiger partial charge >= 0.3 is 0 Å². The van der Waals surface area contributed by atoms with Crippen molar-refractivity contribution in [1.82, 2.24) is 20.9 Å². The summed E-state index contributed by atoms with van der Waals surface area (Å²) in [6, 6.07) is 12.0. The highest BCUT2D eigenvalue weighted by atomic mass is 16.5. The Bertz CT molecular complexity index is 777. The summed E-state index contributed by atoms with van der Waals surface area (Å²) in [5, 5.41) is 10.3. The van der Waals surface area contributed by atoms with E-state index in [1.807, 2.05) is 30.3 Å². The van der Waals surface area contributed by atoms with Crippen LogP contribution in [0.3, 0.4) is 0 Å². The van der Waals surface area contributed by atoms with Gasteiger partial charge in [0.2, 0.25) is 5.91 Å². The molecule has 1 aromatic heterocycles. The highest BCUT2D eigenvalue weighted by Gasteiger charge is 2.36. The number of benzene rings is 1. The van der Waals surface area contributed by atoms with Gasteiger partial charge in [0.1, 0.15) is 5.75 Å². The standard InChI is InChI=1S/C23H32N4O2/c1-18(28)26-17-23(20-10-14-25-15-11-20,21-5-3-4-6-22(21)29-2)27-16-9-19-7-12-24-13-8-19/h3-6,10-11,14-15,19,24,27H,7-9,12-13,16-17H2,1-2H3,(H,26,28). The van der Waals surface area contributed by atoms with E-state index in [9.17, 15) is 4.79 Å². The van der Waals surface area contributed by atoms with E-state index in [4.69, 9.17) is 4.74 Å². The molecular formula is C23H32N4O2. The van der Waals surface area contributed by atoms with Crippen molar-refractivity contribution >= 4 is 5.91 Å². The maximum absolute atomic E-state index is 11.8. The zero-order chi connectivity index (χ0) is 20.5. The van der Waals surface area contributed by atoms with Crippen LogP contribution in [0, 0.1) is 5.92 Å². The van der Waals surface area contributed by atoms with Crippen molar-refractivity contribution in [3.05, 3.63) is 59.9 Å². The molecule has 6 nitrogen and oxygen atoms in total. The van der Waals surface area contributed by atoms with E-state index < -0.39 is 5.54 Å². The summed E-state index contributed by atoms with van der Waals surface area (Å²) in [7, 11) is 1.68. The number of methoxy groups -OCH3 is 1. The quantitative estimate of drug-likeness (QED) is 0.607. The Labute approximate surface area is 173 Å². The summed E-state index contributed by atoms with van der Waals surface area (Å²) in [4.78, 5) is 16.0. The fourth-order valence-electron chi connectivity index (χ4n) is 4.16. The molecule has 1 aliphatic heterocycles. The van der Waals surface area contributed by atoms with Crippen LogP contribution in [0.2, 0.25) is 0 Å². The molecule has 1 aromatic carbocycles. The van der Waals surface area contributed by atoms with Gasteiger partial charge in [0, 0.05) is 31.4 Å². The molecule has 6 heteroatoms. The van der Waals surface area contributed by atoms with Gasteiger partial charge in [-0.3, -0.25) is 9.78 Å². The number of aromatic nitrogens is 1. The molecule has 3 rings (SSSR count). The van der Waals surface area contributed by atoms with Crippen molar-refractivity contribution in [1.29, 1.82) is 0 Å². The molecule has 0 bridgehead atoms. The van der Waals surface area contributed by atoms with Gasteiger partial charge in [0.15, 0.2) is 0 Å². The third-order valence-electron chi connectivity index (χ3n) is 5.78. The van der Waals surface area contributed by atoms with Crippen LogP contribution in [0.15, 0.2) is 48.8 Å². The van der Waals surface area contributed by atoms with Gasteiger partial charge in [-0.1, -0.05) is 18.2 Å². The Balaban J connectivity index is 1.95. The minimum atomic E-state index is -0.603. The molecule has 1 fully saturated rings. The highest BCUT2D eigenvalue weighted by molar-refractivity contribution is 5.73. The number of amides is 1. The van der Waals surface area contributed by atoms with Gasteiger partial charge in [0.25, 0.3) is 0 Å². The Kier molecular flexibility index (Phi) is 7.61. The number of nitrogens with zero attached hydrogens (tertiary/aromatic N) is 1. The van der Waals surface area contributed by atoms with Crippen LogP contribution >= 0.6 is 0 Å². The average molecular weight is 397 g/mol. The smallest absolute Gasteiger partial charge is 0.216 e. The molecule has 1 unspecified atom stereocenters. The Morgan fingerprint density at radius 2 is 1.93 bits per heavy atom. The second-order valence-electron chi connectivity index (χ2n) is 7.66. The molecule has 29 heavy (non-hydrogen) atoms. The molecule has 0 radical (unpaired) electrons. The van der Waals surface area contributed by atoms with E-state index >= 15 is 0 Å². The fourth-order valence-corrected chi connectivity index (χ4v) is 4.16. The second kappa shape index (κ2) is 10.4. The maximum Gasteiger partial charge on any atom is 0.216 e. The fraction of sp³-hybridized carbons (Fsp3) is 0.478. The van der Waals surface area contributed by atoms with Crippen LogP contribution in [0.1, 0.15) is 37.3 Å². The second-order valence-corrected chi connectivity index (χ2v) is 7.66. The molecule has 0 saturated carbocycles. The number of para-hydroxylation sites is 1. The highest BCUT2D eigenvalue weighted by Crippen LogP contribution is 2.35. The molecular weight excluding hydrogens is 364 g/mol. The first-order valence-corrected chi connectivity index (χ1v) is 10.4. The molecule has 3 N–H and O–H groups in total. The molecule has 2 heterocycles. The van der Waals surface area contributed by atoms with E-state index in [2.05, 4.69) is 27.0 Å². The topological polar surface area (TPSA) is 75.3 Å². The Hall–Kier alpha value is -2.44. The monoisotopic (exact) mass is 396 g/mol. The van der Waals surface area contributed by atoms with E-state index in [1.165, 1.54) is 12.8 Å². The first-order valence-electron chi connectivity index (χ1n) is 10.4. The van der Waals surface area contributed by atoms with Gasteiger partial charge < -0.3 is 20.7 Å². The van der Waals surface area contributed by atoms with Crippen LogP contribution < -0.4 is 20.7 Å². The van der Waals surface area contributed by atoms with Crippen molar-refractivity contribution in [2.75, 3.05) is 33.3 Å². The van der Waals surface area contributed by atoms with Gasteiger partial charge in [0.05, 0.1) is 12.6 Å². The van der Waals surface area contributed by atoms with Crippen LogP contribution in [0.25, 0.3) is 0 Å². The van der Waals surface area contributed by atoms with E-state index in [1.54, 1.807) is 26.4 Å². The summed E-state index contributed by atoms with van der Waals surface area (Å²) in [5.74, 6) is 1.46. The summed E-state index contributed by atoms with van der Waals surface area (Å²) in [5.41, 5.74) is 1.46. The van der Waals surface area contributed by atoms with Crippen molar-refractivity contribution in [2.24, 2.45) is 5.92 Å². The molecule has 1 amide bonds. The number of carbonyl (C=O) groups excluding carboxylic acids is 1. The predicted molar refractivity (Wildman–Crippen MR) is 115 cm³/mol. The number of carbonyl (C=O) groups is 1. The number of ether oxygens (including phenoxy) is 1. The van der Waals surface area contributed by atoms with Gasteiger partial charge in [-0.25, -0.2) is 0 Å². The van der Waals surface area contributed by atoms with Gasteiger partial charge in [-0.2, -0.15) is 0 Å². The summed E-state index contributed by atoms with van der Waals surface area (Å²) < 4.78 is 5.70. The lowest BCUT2D eigenvalue weighted by atomic mass is 9.81. The lowest BCUT2D eigenvalue weighted by Gasteiger charge is -2.38. The van der Waals surface area contributed by atoms with Crippen LogP contribution in [-0.4, -0.2) is 44.2 Å². The largest absolute Gasteiger partial charge is 0.496 e. The van der Waals surface area contributed by atoms with Crippen molar-refractivity contribution in [3.63, 3.8) is 0 Å². The maximum atomic E-state index is 11.8. The normalized spacial score (nSPS) is 16.8. The number of nitrogens with one attached hydrogen (secondary N) is 3. The Morgan fingerprint density at radius 3 is 2.62 bits per heavy atom. The summed E-state index contributed by atoms with van der Waals surface area (Å²) in [6.07, 6.45) is 7.11. The minimum Gasteiger partial charge on any atom is -0.496 e. The summed E-state index contributed by atoms with van der Waals surface area (Å²) >= 11 is 0. The van der Waals surface area contributed by atoms with Gasteiger partial charge in [-0.05, 0) is 68.6 Å². The van der Waals surface area contributed by atoms with Crippen molar-refractivity contribution in [3.8, 4) is 5.75 Å². The molecule has 1 aliphatic rings. The molecule has 0 aliphatic carbocycles. The number of pyridine rings is 1. The molecule has 0 spiro atoms. The summed E-state index contributed by atoms with van der Waals surface area (Å²) in [6.45, 7) is 5.02. The van der Waals surface area contributed by atoms with Crippen LogP contribution in [-0.2, 0) is 10.3 Å². The number of rotatable bonds is 9. The molecule has 1 saturated heterocycles. The van der Waals surface area contributed by atoms with E-state index in [0.717, 1.165) is 48.8 Å². The van der Waals surface area contributed by atoms with E-state index in [0.29, 0.717) is 6.54 Å². The van der Waals surface area contributed by atoms with Crippen molar-refractivity contribution in [2.45, 2.75) is 31.7 Å². The van der Waals surface area contributed by atoms with Crippen LogP contribution in [0.4, 0.5) is 0 Å². The third-order valence-corrected chi connectivity index (χ3v) is 5.78.